The van der Waals surface area contributed by atoms with Crippen LogP contribution in [0.25, 0.3) is 0 Å². The second-order valence-corrected chi connectivity index (χ2v) is 5.80. The number of ether oxygens (including phenoxy) is 1. The molecule has 26 heavy (non-hydrogen) atoms. The molecule has 0 unspecified atom stereocenters. The third kappa shape index (κ3) is 3.12. The van der Waals surface area contributed by atoms with Crippen LogP contribution in [0.4, 0.5) is 5.69 Å². The van der Waals surface area contributed by atoms with Crippen LogP contribution < -0.4 is 15.4 Å². The second-order valence-electron chi connectivity index (χ2n) is 5.80. The molecule has 0 bridgehead atoms. The summed E-state index contributed by atoms with van der Waals surface area (Å²) >= 11 is 0. The average molecular weight is 345 g/mol. The number of esters is 1. The molecule has 6 nitrogen and oxygen atoms in total. The Balaban J connectivity index is 1.48. The van der Waals surface area contributed by atoms with E-state index in [0.29, 0.717) is 16.9 Å². The third-order valence-electron chi connectivity index (χ3n) is 4.07. The standard InChI is InChI=1S/C20H15N3O3/c24-19-16-5-1-2-6-17(16)22-18(23-19)13-7-9-15(10-8-13)26-20(25)14-4-3-11-21-12-14/h1-12,18,22H,(H,23,24)/t18-/m0/s1. The lowest BCUT2D eigenvalue weighted by atomic mass is 10.1. The molecule has 3 aromatic rings. The Morgan fingerprint density at radius 1 is 0.962 bits per heavy atom. The van der Waals surface area contributed by atoms with Gasteiger partial charge in [-0.3, -0.25) is 9.78 Å². The van der Waals surface area contributed by atoms with Gasteiger partial charge in [0, 0.05) is 18.1 Å². The van der Waals surface area contributed by atoms with Crippen LogP contribution in [-0.2, 0) is 0 Å². The van der Waals surface area contributed by atoms with Crippen LogP contribution in [0, 0.1) is 0 Å². The molecule has 0 radical (unpaired) electrons. The second kappa shape index (κ2) is 6.68. The third-order valence-corrected chi connectivity index (χ3v) is 4.07. The van der Waals surface area contributed by atoms with Gasteiger partial charge in [0.1, 0.15) is 11.9 Å². The van der Waals surface area contributed by atoms with Crippen LogP contribution in [0.3, 0.4) is 0 Å². The molecule has 1 aliphatic heterocycles. The minimum Gasteiger partial charge on any atom is -0.423 e. The number of hydrogen-bond acceptors (Lipinski definition) is 5. The van der Waals surface area contributed by atoms with Gasteiger partial charge in [0.05, 0.1) is 11.1 Å². The van der Waals surface area contributed by atoms with Crippen LogP contribution in [0.1, 0.15) is 32.4 Å². The van der Waals surface area contributed by atoms with Crippen molar-refractivity contribution in [3.8, 4) is 5.75 Å². The number of aromatic nitrogens is 1. The smallest absolute Gasteiger partial charge is 0.345 e. The molecule has 1 aliphatic rings. The normalized spacial score (nSPS) is 15.4. The molecule has 2 N–H and O–H groups in total. The Morgan fingerprint density at radius 2 is 1.77 bits per heavy atom. The summed E-state index contributed by atoms with van der Waals surface area (Å²) in [5, 5.41) is 6.19. The van der Waals surface area contributed by atoms with E-state index < -0.39 is 5.97 Å². The number of carbonyl (C=O) groups is 2. The molecule has 0 spiro atoms. The van der Waals surface area contributed by atoms with Crippen molar-refractivity contribution in [2.75, 3.05) is 5.32 Å². The average Bonchev–Trinajstić information content (AvgIpc) is 2.69. The van der Waals surface area contributed by atoms with E-state index in [2.05, 4.69) is 15.6 Å². The molecule has 1 aromatic heterocycles. The van der Waals surface area contributed by atoms with E-state index in [1.54, 1.807) is 48.7 Å². The van der Waals surface area contributed by atoms with Gasteiger partial charge in [-0.1, -0.05) is 24.3 Å². The fourth-order valence-electron chi connectivity index (χ4n) is 2.75. The van der Waals surface area contributed by atoms with E-state index in [4.69, 9.17) is 4.74 Å². The summed E-state index contributed by atoms with van der Waals surface area (Å²) in [5.74, 6) is -0.176. The van der Waals surface area contributed by atoms with Gasteiger partial charge in [-0.05, 0) is 42.0 Å². The topological polar surface area (TPSA) is 80.3 Å². The molecular formula is C20H15N3O3. The first kappa shape index (κ1) is 15.8. The van der Waals surface area contributed by atoms with Crippen molar-refractivity contribution in [1.82, 2.24) is 10.3 Å². The van der Waals surface area contributed by atoms with Gasteiger partial charge in [-0.2, -0.15) is 0 Å². The Hall–Kier alpha value is -3.67. The number of para-hydroxylation sites is 1. The lowest BCUT2D eigenvalue weighted by Crippen LogP contribution is -2.38. The van der Waals surface area contributed by atoms with Gasteiger partial charge in [-0.25, -0.2) is 4.79 Å². The number of fused-ring (bicyclic) bond motifs is 1. The molecule has 1 atom stereocenters. The van der Waals surface area contributed by atoms with Crippen molar-refractivity contribution in [1.29, 1.82) is 0 Å². The SMILES string of the molecule is O=C(Oc1ccc([C@@H]2NC(=O)c3ccccc3N2)cc1)c1cccnc1. The predicted molar refractivity (Wildman–Crippen MR) is 95.9 cm³/mol. The molecule has 128 valence electrons. The highest BCUT2D eigenvalue weighted by Crippen LogP contribution is 2.27. The first-order chi connectivity index (χ1) is 12.7. The van der Waals surface area contributed by atoms with Crippen molar-refractivity contribution < 1.29 is 14.3 Å². The number of pyridine rings is 1. The maximum Gasteiger partial charge on any atom is 0.345 e. The monoisotopic (exact) mass is 345 g/mol. The number of amides is 1. The number of nitrogens with zero attached hydrogens (tertiary/aromatic N) is 1. The van der Waals surface area contributed by atoms with Gasteiger partial charge in [0.15, 0.2) is 0 Å². The number of rotatable bonds is 3. The van der Waals surface area contributed by atoms with E-state index >= 15 is 0 Å². The number of nitrogens with one attached hydrogen (secondary N) is 2. The first-order valence-electron chi connectivity index (χ1n) is 8.09. The minimum atomic E-state index is -0.469. The minimum absolute atomic E-state index is 0.128. The number of anilines is 1. The van der Waals surface area contributed by atoms with Crippen LogP contribution >= 0.6 is 0 Å². The van der Waals surface area contributed by atoms with E-state index in [0.717, 1.165) is 11.3 Å². The Labute approximate surface area is 149 Å². The fraction of sp³-hybridized carbons (Fsp3) is 0.0500. The van der Waals surface area contributed by atoms with Crippen molar-refractivity contribution in [3.63, 3.8) is 0 Å². The maximum atomic E-state index is 12.2. The van der Waals surface area contributed by atoms with Gasteiger partial charge in [-0.15, -0.1) is 0 Å². The predicted octanol–water partition coefficient (Wildman–Crippen LogP) is 3.15. The maximum absolute atomic E-state index is 12.2. The summed E-state index contributed by atoms with van der Waals surface area (Å²) < 4.78 is 5.33. The van der Waals surface area contributed by atoms with E-state index in [9.17, 15) is 9.59 Å². The summed E-state index contributed by atoms with van der Waals surface area (Å²) in [6.07, 6.45) is 2.70. The zero-order chi connectivity index (χ0) is 17.9. The molecule has 1 amide bonds. The highest BCUT2D eigenvalue weighted by atomic mass is 16.5. The van der Waals surface area contributed by atoms with Crippen molar-refractivity contribution in [2.24, 2.45) is 0 Å². The Kier molecular flexibility index (Phi) is 4.07. The van der Waals surface area contributed by atoms with Crippen molar-refractivity contribution >= 4 is 17.6 Å². The number of carbonyl (C=O) groups excluding carboxylic acids is 2. The van der Waals surface area contributed by atoms with Gasteiger partial charge >= 0.3 is 5.97 Å². The lowest BCUT2D eigenvalue weighted by molar-refractivity contribution is 0.0734. The molecule has 2 aromatic carbocycles. The molecular weight excluding hydrogens is 330 g/mol. The molecule has 6 heteroatoms. The largest absolute Gasteiger partial charge is 0.423 e. The van der Waals surface area contributed by atoms with Crippen molar-refractivity contribution in [2.45, 2.75) is 6.17 Å². The van der Waals surface area contributed by atoms with E-state index in [1.807, 2.05) is 18.2 Å². The molecule has 0 aliphatic carbocycles. The highest BCUT2D eigenvalue weighted by Gasteiger charge is 2.24. The lowest BCUT2D eigenvalue weighted by Gasteiger charge is -2.28. The van der Waals surface area contributed by atoms with Crippen molar-refractivity contribution in [3.05, 3.63) is 89.7 Å². The van der Waals surface area contributed by atoms with Crippen LogP contribution in [0.2, 0.25) is 0 Å². The van der Waals surface area contributed by atoms with Crippen LogP contribution in [0.15, 0.2) is 73.1 Å². The number of hydrogen-bond donors (Lipinski definition) is 2. The quantitative estimate of drug-likeness (QED) is 0.563. The summed E-state index contributed by atoms with van der Waals surface area (Å²) in [6.45, 7) is 0. The Bertz CT molecular complexity index is 956. The fourth-order valence-corrected chi connectivity index (χ4v) is 2.75. The number of benzene rings is 2. The molecule has 0 saturated heterocycles. The first-order valence-corrected chi connectivity index (χ1v) is 8.09. The summed E-state index contributed by atoms with van der Waals surface area (Å²) in [6, 6.07) is 17.7. The summed E-state index contributed by atoms with van der Waals surface area (Å²) in [5.41, 5.74) is 2.64. The molecule has 4 rings (SSSR count). The van der Waals surface area contributed by atoms with Gasteiger partial charge in [0.25, 0.3) is 5.91 Å². The van der Waals surface area contributed by atoms with E-state index in [1.165, 1.54) is 6.20 Å². The highest BCUT2D eigenvalue weighted by molar-refractivity contribution is 6.01. The molecule has 0 saturated carbocycles. The zero-order valence-electron chi connectivity index (χ0n) is 13.7. The summed E-state index contributed by atoms with van der Waals surface area (Å²) in [4.78, 5) is 28.2. The molecule has 0 fully saturated rings. The summed E-state index contributed by atoms with van der Waals surface area (Å²) in [7, 11) is 0. The van der Waals surface area contributed by atoms with Crippen LogP contribution in [-0.4, -0.2) is 16.9 Å². The van der Waals surface area contributed by atoms with Gasteiger partial charge in [0.2, 0.25) is 0 Å². The zero-order valence-corrected chi connectivity index (χ0v) is 13.7. The van der Waals surface area contributed by atoms with E-state index in [-0.39, 0.29) is 12.1 Å². The van der Waals surface area contributed by atoms with Crippen LogP contribution in [0.5, 0.6) is 5.75 Å². The Morgan fingerprint density at radius 3 is 2.54 bits per heavy atom. The molecule has 2 heterocycles. The van der Waals surface area contributed by atoms with Gasteiger partial charge < -0.3 is 15.4 Å².